The summed E-state index contributed by atoms with van der Waals surface area (Å²) in [6.45, 7) is 13.0. The minimum Gasteiger partial charge on any atom is -0.490 e. The molecule has 0 heterocycles. The van der Waals surface area contributed by atoms with E-state index in [1.807, 2.05) is 31.2 Å². The van der Waals surface area contributed by atoms with Crippen molar-refractivity contribution in [3.63, 3.8) is 0 Å². The van der Waals surface area contributed by atoms with Crippen LogP contribution < -0.4 is 14.8 Å². The molecule has 1 atom stereocenters. The van der Waals surface area contributed by atoms with E-state index in [1.54, 1.807) is 0 Å². The summed E-state index contributed by atoms with van der Waals surface area (Å²) < 4.78 is 11.4. The Morgan fingerprint density at radius 2 is 1.68 bits per heavy atom. The Labute approximate surface area is 117 Å². The zero-order valence-electron chi connectivity index (χ0n) is 12.8. The molecule has 0 saturated heterocycles. The van der Waals surface area contributed by atoms with Crippen LogP contribution in [0.1, 0.15) is 34.6 Å². The monoisotopic (exact) mass is 265 g/mol. The van der Waals surface area contributed by atoms with Crippen LogP contribution in [0.15, 0.2) is 24.3 Å². The molecule has 3 nitrogen and oxygen atoms in total. The molecule has 19 heavy (non-hydrogen) atoms. The van der Waals surface area contributed by atoms with Gasteiger partial charge in [0.05, 0.1) is 13.2 Å². The molecular weight excluding hydrogens is 238 g/mol. The second kappa shape index (κ2) is 7.39. The minimum absolute atomic E-state index is 0.150. The van der Waals surface area contributed by atoms with E-state index in [9.17, 15) is 0 Å². The fraction of sp³-hybridized carbons (Fsp3) is 0.625. The molecule has 0 aliphatic rings. The van der Waals surface area contributed by atoms with Crippen molar-refractivity contribution in [2.45, 2.75) is 40.2 Å². The molecule has 0 amide bonds. The van der Waals surface area contributed by atoms with E-state index < -0.39 is 0 Å². The topological polar surface area (TPSA) is 30.5 Å². The lowest BCUT2D eigenvalue weighted by atomic mass is 10.1. The molecule has 1 aromatic carbocycles. The van der Waals surface area contributed by atoms with Crippen LogP contribution in [0.25, 0.3) is 0 Å². The van der Waals surface area contributed by atoms with Crippen molar-refractivity contribution in [2.24, 2.45) is 5.92 Å². The molecule has 0 fully saturated rings. The van der Waals surface area contributed by atoms with Crippen LogP contribution in [0.3, 0.4) is 0 Å². The van der Waals surface area contributed by atoms with Crippen LogP contribution in [0.5, 0.6) is 11.5 Å². The summed E-state index contributed by atoms with van der Waals surface area (Å²) in [6, 6.07) is 7.82. The number of hydrogen-bond donors (Lipinski definition) is 1. The lowest BCUT2D eigenvalue weighted by molar-refractivity contribution is 0.229. The highest BCUT2D eigenvalue weighted by molar-refractivity contribution is 5.39. The summed E-state index contributed by atoms with van der Waals surface area (Å²) in [7, 11) is 0. The van der Waals surface area contributed by atoms with Gasteiger partial charge < -0.3 is 14.8 Å². The standard InChI is InChI=1S/C16H27NO2/c1-6-18-14-9-7-8-10-15(14)19-12-13(2)11-17-16(3,4)5/h7-10,13,17H,6,11-12H2,1-5H3. The molecule has 1 N–H and O–H groups in total. The van der Waals surface area contributed by atoms with E-state index in [2.05, 4.69) is 33.0 Å². The molecule has 0 radical (unpaired) electrons. The van der Waals surface area contributed by atoms with E-state index in [-0.39, 0.29) is 5.54 Å². The Morgan fingerprint density at radius 3 is 2.21 bits per heavy atom. The predicted molar refractivity (Wildman–Crippen MR) is 80.0 cm³/mol. The first-order valence-corrected chi connectivity index (χ1v) is 7.02. The highest BCUT2D eigenvalue weighted by atomic mass is 16.5. The van der Waals surface area contributed by atoms with E-state index in [1.165, 1.54) is 0 Å². The maximum Gasteiger partial charge on any atom is 0.161 e. The van der Waals surface area contributed by atoms with E-state index >= 15 is 0 Å². The van der Waals surface area contributed by atoms with Crippen LogP contribution in [0, 0.1) is 5.92 Å². The van der Waals surface area contributed by atoms with Gasteiger partial charge in [0, 0.05) is 18.0 Å². The maximum absolute atomic E-state index is 5.85. The zero-order chi connectivity index (χ0) is 14.3. The number of rotatable bonds is 7. The SMILES string of the molecule is CCOc1ccccc1OCC(C)CNC(C)(C)C. The maximum atomic E-state index is 5.85. The lowest BCUT2D eigenvalue weighted by Crippen LogP contribution is -2.39. The number of nitrogens with one attached hydrogen (secondary N) is 1. The van der Waals surface area contributed by atoms with Crippen molar-refractivity contribution in [1.82, 2.24) is 5.32 Å². The largest absolute Gasteiger partial charge is 0.490 e. The van der Waals surface area contributed by atoms with Gasteiger partial charge in [-0.25, -0.2) is 0 Å². The third-order valence-electron chi connectivity index (χ3n) is 2.65. The van der Waals surface area contributed by atoms with E-state index in [4.69, 9.17) is 9.47 Å². The van der Waals surface area contributed by atoms with E-state index in [0.717, 1.165) is 18.0 Å². The molecule has 3 heteroatoms. The van der Waals surface area contributed by atoms with Crippen molar-refractivity contribution in [2.75, 3.05) is 19.8 Å². The molecule has 0 saturated carbocycles. The second-order valence-electron chi connectivity index (χ2n) is 5.93. The Kier molecular flexibility index (Phi) is 6.16. The fourth-order valence-corrected chi connectivity index (χ4v) is 1.62. The average molecular weight is 265 g/mol. The first-order chi connectivity index (χ1) is 8.92. The van der Waals surface area contributed by atoms with Crippen LogP contribution in [-0.2, 0) is 0 Å². The van der Waals surface area contributed by atoms with Gasteiger partial charge in [-0.1, -0.05) is 19.1 Å². The van der Waals surface area contributed by atoms with Crippen LogP contribution in [-0.4, -0.2) is 25.3 Å². The third kappa shape index (κ3) is 6.48. The predicted octanol–water partition coefficient (Wildman–Crippen LogP) is 3.49. The van der Waals surface area contributed by atoms with Gasteiger partial charge >= 0.3 is 0 Å². The first kappa shape index (κ1) is 15.8. The summed E-state index contributed by atoms with van der Waals surface area (Å²) in [4.78, 5) is 0. The highest BCUT2D eigenvalue weighted by Gasteiger charge is 2.12. The zero-order valence-corrected chi connectivity index (χ0v) is 12.8. The van der Waals surface area contributed by atoms with Gasteiger partial charge in [0.2, 0.25) is 0 Å². The summed E-state index contributed by atoms with van der Waals surface area (Å²) in [6.07, 6.45) is 0. The number of ether oxygens (including phenoxy) is 2. The summed E-state index contributed by atoms with van der Waals surface area (Å²) in [5.41, 5.74) is 0.150. The Hall–Kier alpha value is -1.22. The first-order valence-electron chi connectivity index (χ1n) is 7.02. The van der Waals surface area contributed by atoms with Crippen LogP contribution in [0.4, 0.5) is 0 Å². The molecular formula is C16H27NO2. The van der Waals surface area contributed by atoms with Crippen LogP contribution >= 0.6 is 0 Å². The van der Waals surface area contributed by atoms with Crippen molar-refractivity contribution < 1.29 is 9.47 Å². The quantitative estimate of drug-likeness (QED) is 0.818. The average Bonchev–Trinajstić information content (AvgIpc) is 2.35. The minimum atomic E-state index is 0.150. The van der Waals surface area contributed by atoms with Gasteiger partial charge in [-0.2, -0.15) is 0 Å². The molecule has 0 aromatic heterocycles. The molecule has 0 bridgehead atoms. The molecule has 108 valence electrons. The van der Waals surface area contributed by atoms with Gasteiger partial charge in [-0.15, -0.1) is 0 Å². The van der Waals surface area contributed by atoms with E-state index in [0.29, 0.717) is 19.1 Å². The molecule has 0 aliphatic carbocycles. The number of benzene rings is 1. The van der Waals surface area contributed by atoms with Crippen molar-refractivity contribution in [3.05, 3.63) is 24.3 Å². The summed E-state index contributed by atoms with van der Waals surface area (Å²) in [5, 5.41) is 3.49. The van der Waals surface area contributed by atoms with Gasteiger partial charge in [0.1, 0.15) is 0 Å². The third-order valence-corrected chi connectivity index (χ3v) is 2.65. The fourth-order valence-electron chi connectivity index (χ4n) is 1.62. The van der Waals surface area contributed by atoms with Gasteiger partial charge in [-0.3, -0.25) is 0 Å². The Balaban J connectivity index is 2.43. The molecule has 1 rings (SSSR count). The second-order valence-corrected chi connectivity index (χ2v) is 5.93. The Bertz CT molecular complexity index is 371. The van der Waals surface area contributed by atoms with Crippen molar-refractivity contribution in [1.29, 1.82) is 0 Å². The number of hydrogen-bond acceptors (Lipinski definition) is 3. The smallest absolute Gasteiger partial charge is 0.161 e. The molecule has 1 unspecified atom stereocenters. The summed E-state index contributed by atoms with van der Waals surface area (Å²) in [5.74, 6) is 2.10. The van der Waals surface area contributed by atoms with Gasteiger partial charge in [-0.05, 0) is 39.8 Å². The molecule has 1 aromatic rings. The molecule has 0 aliphatic heterocycles. The van der Waals surface area contributed by atoms with Crippen molar-refractivity contribution in [3.8, 4) is 11.5 Å². The number of para-hydroxylation sites is 2. The summed E-state index contributed by atoms with van der Waals surface area (Å²) >= 11 is 0. The van der Waals surface area contributed by atoms with Gasteiger partial charge in [0.25, 0.3) is 0 Å². The Morgan fingerprint density at radius 1 is 1.11 bits per heavy atom. The normalized spacial score (nSPS) is 13.1. The van der Waals surface area contributed by atoms with Gasteiger partial charge in [0.15, 0.2) is 11.5 Å². The van der Waals surface area contributed by atoms with Crippen LogP contribution in [0.2, 0.25) is 0 Å². The molecule has 0 spiro atoms. The highest BCUT2D eigenvalue weighted by Crippen LogP contribution is 2.26. The van der Waals surface area contributed by atoms with Crippen molar-refractivity contribution >= 4 is 0 Å². The lowest BCUT2D eigenvalue weighted by Gasteiger charge is -2.23.